The zero-order valence-electron chi connectivity index (χ0n) is 15.4. The van der Waals surface area contributed by atoms with E-state index in [0.717, 1.165) is 11.3 Å². The topological polar surface area (TPSA) is 71.0 Å². The van der Waals surface area contributed by atoms with Gasteiger partial charge in [0, 0.05) is 31.0 Å². The minimum absolute atomic E-state index is 0.0599. The second-order valence-electron chi connectivity index (χ2n) is 6.09. The third-order valence-electron chi connectivity index (χ3n) is 3.74. The van der Waals surface area contributed by atoms with Crippen LogP contribution in [0.4, 0.5) is 11.4 Å². The van der Waals surface area contributed by atoms with Crippen molar-refractivity contribution in [1.29, 1.82) is 0 Å². The first-order valence-electron chi connectivity index (χ1n) is 8.25. The van der Waals surface area contributed by atoms with Crippen molar-refractivity contribution in [2.75, 3.05) is 24.3 Å². The Bertz CT molecular complexity index is 798. The van der Waals surface area contributed by atoms with Crippen LogP contribution in [0.15, 0.2) is 53.7 Å². The molecule has 0 radical (unpaired) electrons. The molecule has 0 aliphatic carbocycles. The van der Waals surface area contributed by atoms with Crippen molar-refractivity contribution in [3.8, 4) is 0 Å². The molecule has 0 spiro atoms. The Hall–Kier alpha value is -3.15. The van der Waals surface area contributed by atoms with Gasteiger partial charge in [0.15, 0.2) is 5.78 Å². The van der Waals surface area contributed by atoms with Crippen LogP contribution in [0.5, 0.6) is 0 Å². The van der Waals surface area contributed by atoms with Crippen LogP contribution in [-0.4, -0.2) is 38.1 Å². The molecule has 0 aliphatic heterocycles. The van der Waals surface area contributed by atoms with E-state index in [4.69, 9.17) is 4.84 Å². The van der Waals surface area contributed by atoms with E-state index in [9.17, 15) is 9.59 Å². The number of nitrogens with one attached hydrogen (secondary N) is 1. The Morgan fingerprint density at radius 3 is 2.46 bits per heavy atom. The lowest BCUT2D eigenvalue weighted by Gasteiger charge is -2.12. The van der Waals surface area contributed by atoms with Gasteiger partial charge < -0.3 is 15.1 Å². The van der Waals surface area contributed by atoms with Gasteiger partial charge in [-0.05, 0) is 43.7 Å². The summed E-state index contributed by atoms with van der Waals surface area (Å²) < 4.78 is 0. The maximum atomic E-state index is 12.2. The Morgan fingerprint density at radius 2 is 1.85 bits per heavy atom. The van der Waals surface area contributed by atoms with Gasteiger partial charge in [-0.25, -0.2) is 0 Å². The Morgan fingerprint density at radius 1 is 1.15 bits per heavy atom. The third kappa shape index (κ3) is 5.44. The van der Waals surface area contributed by atoms with E-state index in [-0.39, 0.29) is 11.7 Å². The lowest BCUT2D eigenvalue weighted by atomic mass is 10.1. The number of Topliss-reactive ketones (excluding diaryl/α,β-unsaturated/α-hetero) is 1. The third-order valence-corrected chi connectivity index (χ3v) is 3.74. The fourth-order valence-corrected chi connectivity index (χ4v) is 2.15. The Balaban J connectivity index is 1.90. The molecule has 1 N–H and O–H groups in total. The van der Waals surface area contributed by atoms with Crippen molar-refractivity contribution in [3.63, 3.8) is 0 Å². The van der Waals surface area contributed by atoms with E-state index < -0.39 is 6.10 Å². The molecule has 0 heterocycles. The molecular weight excluding hydrogens is 330 g/mol. The van der Waals surface area contributed by atoms with Gasteiger partial charge in [-0.15, -0.1) is 0 Å². The van der Waals surface area contributed by atoms with Gasteiger partial charge in [0.05, 0.1) is 6.21 Å². The SMILES string of the molecule is CC(=O)c1cccc(NC(=O)C(C)O/N=C/c2ccc(N(C)C)cc2)c1. The molecule has 0 aromatic heterocycles. The summed E-state index contributed by atoms with van der Waals surface area (Å²) in [4.78, 5) is 30.8. The number of oxime groups is 1. The molecule has 1 atom stereocenters. The fraction of sp³-hybridized carbons (Fsp3) is 0.250. The van der Waals surface area contributed by atoms with Crippen molar-refractivity contribution < 1.29 is 14.4 Å². The molecule has 6 heteroatoms. The van der Waals surface area contributed by atoms with Crippen LogP contribution in [0.3, 0.4) is 0 Å². The number of benzene rings is 2. The maximum Gasteiger partial charge on any atom is 0.267 e. The molecule has 2 rings (SSSR count). The number of carbonyl (C=O) groups is 2. The van der Waals surface area contributed by atoms with Gasteiger partial charge in [0.25, 0.3) is 5.91 Å². The standard InChI is InChI=1S/C20H23N3O3/c1-14(24)17-6-5-7-18(12-17)22-20(25)15(2)26-21-13-16-8-10-19(11-9-16)23(3)4/h5-13,15H,1-4H3,(H,22,25)/b21-13+. The number of hydrogen-bond donors (Lipinski definition) is 1. The smallest absolute Gasteiger partial charge is 0.267 e. The summed E-state index contributed by atoms with van der Waals surface area (Å²) in [6, 6.07) is 14.5. The molecule has 0 saturated heterocycles. The van der Waals surface area contributed by atoms with Gasteiger partial charge in [0.1, 0.15) is 0 Å². The first-order valence-corrected chi connectivity index (χ1v) is 8.25. The molecule has 0 bridgehead atoms. The summed E-state index contributed by atoms with van der Waals surface area (Å²) in [5.74, 6) is -0.402. The highest BCUT2D eigenvalue weighted by Crippen LogP contribution is 2.13. The predicted octanol–water partition coefficient (Wildman–Crippen LogP) is 3.33. The summed E-state index contributed by atoms with van der Waals surface area (Å²) in [6.07, 6.45) is 0.785. The fourth-order valence-electron chi connectivity index (χ4n) is 2.15. The number of carbonyl (C=O) groups excluding carboxylic acids is 2. The van der Waals surface area contributed by atoms with Crippen LogP contribution in [0.25, 0.3) is 0 Å². The largest absolute Gasteiger partial charge is 0.383 e. The first kappa shape index (κ1) is 19.2. The number of hydrogen-bond acceptors (Lipinski definition) is 5. The zero-order valence-corrected chi connectivity index (χ0v) is 15.4. The molecular formula is C20H23N3O3. The monoisotopic (exact) mass is 353 g/mol. The molecule has 2 aromatic carbocycles. The average molecular weight is 353 g/mol. The van der Waals surface area contributed by atoms with E-state index >= 15 is 0 Å². The highest BCUT2D eigenvalue weighted by Gasteiger charge is 2.14. The van der Waals surface area contributed by atoms with Gasteiger partial charge in [0.2, 0.25) is 6.10 Å². The van der Waals surface area contributed by atoms with E-state index in [1.54, 1.807) is 37.4 Å². The van der Waals surface area contributed by atoms with Crippen LogP contribution in [0.1, 0.15) is 29.8 Å². The quantitative estimate of drug-likeness (QED) is 0.471. The highest BCUT2D eigenvalue weighted by molar-refractivity contribution is 5.98. The highest BCUT2D eigenvalue weighted by atomic mass is 16.6. The van der Waals surface area contributed by atoms with Gasteiger partial charge >= 0.3 is 0 Å². The van der Waals surface area contributed by atoms with Crippen LogP contribution < -0.4 is 10.2 Å². The van der Waals surface area contributed by atoms with E-state index in [1.165, 1.54) is 6.92 Å². The minimum atomic E-state index is -0.770. The van der Waals surface area contributed by atoms with Crippen LogP contribution in [0, 0.1) is 0 Å². The maximum absolute atomic E-state index is 12.2. The van der Waals surface area contributed by atoms with Gasteiger partial charge in [-0.2, -0.15) is 0 Å². The molecule has 0 fully saturated rings. The van der Waals surface area contributed by atoms with Crippen molar-refractivity contribution in [2.45, 2.75) is 20.0 Å². The molecule has 0 saturated carbocycles. The molecule has 1 unspecified atom stereocenters. The Kier molecular flexibility index (Phi) is 6.49. The number of rotatable bonds is 7. The zero-order chi connectivity index (χ0) is 19.1. The normalized spacial score (nSPS) is 11.8. The van der Waals surface area contributed by atoms with Crippen LogP contribution in [0.2, 0.25) is 0 Å². The lowest BCUT2D eigenvalue weighted by molar-refractivity contribution is -0.126. The number of nitrogens with zero attached hydrogens (tertiary/aromatic N) is 2. The van der Waals surface area contributed by atoms with Crippen molar-refractivity contribution in [1.82, 2.24) is 0 Å². The van der Waals surface area contributed by atoms with Crippen molar-refractivity contribution in [2.24, 2.45) is 5.16 Å². The van der Waals surface area contributed by atoms with E-state index in [2.05, 4.69) is 10.5 Å². The molecule has 0 aliphatic rings. The van der Waals surface area contributed by atoms with Crippen LogP contribution >= 0.6 is 0 Å². The summed E-state index contributed by atoms with van der Waals surface area (Å²) in [6.45, 7) is 3.09. The molecule has 26 heavy (non-hydrogen) atoms. The van der Waals surface area contributed by atoms with Gasteiger partial charge in [-0.1, -0.05) is 29.4 Å². The average Bonchev–Trinajstić information content (AvgIpc) is 2.62. The molecule has 136 valence electrons. The number of anilines is 2. The molecule has 1 amide bonds. The van der Waals surface area contributed by atoms with Crippen molar-refractivity contribution in [3.05, 3.63) is 59.7 Å². The Labute approximate surface area is 153 Å². The van der Waals surface area contributed by atoms with Crippen LogP contribution in [-0.2, 0) is 9.63 Å². The number of ketones is 1. The number of amides is 1. The second kappa shape index (κ2) is 8.80. The summed E-state index contributed by atoms with van der Waals surface area (Å²) >= 11 is 0. The van der Waals surface area contributed by atoms with Crippen molar-refractivity contribution >= 4 is 29.3 Å². The molecule has 6 nitrogen and oxygen atoms in total. The second-order valence-corrected chi connectivity index (χ2v) is 6.09. The van der Waals surface area contributed by atoms with Gasteiger partial charge in [-0.3, -0.25) is 9.59 Å². The van der Waals surface area contributed by atoms with E-state index in [0.29, 0.717) is 11.3 Å². The van der Waals surface area contributed by atoms with E-state index in [1.807, 2.05) is 43.3 Å². The molecule has 2 aromatic rings. The summed E-state index contributed by atoms with van der Waals surface area (Å²) in [5.41, 5.74) is 3.04. The lowest BCUT2D eigenvalue weighted by Crippen LogP contribution is -2.26. The summed E-state index contributed by atoms with van der Waals surface area (Å²) in [7, 11) is 3.94. The summed E-state index contributed by atoms with van der Waals surface area (Å²) in [5, 5.41) is 6.58. The first-order chi connectivity index (χ1) is 12.4. The predicted molar refractivity (Wildman–Crippen MR) is 104 cm³/mol. The minimum Gasteiger partial charge on any atom is -0.383 e.